The third-order valence-electron chi connectivity index (χ3n) is 4.41. The molecule has 0 N–H and O–H groups in total. The van der Waals surface area contributed by atoms with Crippen LogP contribution in [0.15, 0.2) is 18.2 Å². The summed E-state index contributed by atoms with van der Waals surface area (Å²) in [6.07, 6.45) is 2.77. The van der Waals surface area contributed by atoms with E-state index in [0.29, 0.717) is 11.8 Å². The van der Waals surface area contributed by atoms with Crippen LogP contribution >= 0.6 is 0 Å². The monoisotopic (exact) mass is 318 g/mol. The van der Waals surface area contributed by atoms with Crippen LogP contribution in [0.25, 0.3) is 0 Å². The second kappa shape index (κ2) is 10.9. The first kappa shape index (κ1) is 22.2. The van der Waals surface area contributed by atoms with Crippen molar-refractivity contribution in [3.05, 3.63) is 34.9 Å². The van der Waals surface area contributed by atoms with Crippen LogP contribution in [0, 0.1) is 24.7 Å². The Hall–Kier alpha value is -0.780. The van der Waals surface area contributed by atoms with Crippen LogP contribution < -0.4 is 0 Å². The molecule has 134 valence electrons. The number of hydrogen-bond acceptors (Lipinski definition) is 0. The molecule has 0 nitrogen and oxygen atoms in total. The molecule has 0 aliphatic rings. The van der Waals surface area contributed by atoms with Gasteiger partial charge in [0.05, 0.1) is 0 Å². The van der Waals surface area contributed by atoms with Crippen LogP contribution in [-0.2, 0) is 0 Å². The Morgan fingerprint density at radius 3 is 1.26 bits per heavy atom. The lowest BCUT2D eigenvalue weighted by Crippen LogP contribution is -2.03. The summed E-state index contributed by atoms with van der Waals surface area (Å²) >= 11 is 0. The Labute approximate surface area is 147 Å². The summed E-state index contributed by atoms with van der Waals surface area (Å²) in [6.45, 7) is 22.8. The largest absolute Gasteiger partial charge is 0.0628 e. The predicted molar refractivity (Wildman–Crippen MR) is 107 cm³/mol. The summed E-state index contributed by atoms with van der Waals surface area (Å²) in [6, 6.07) is 6.66. The van der Waals surface area contributed by atoms with Crippen molar-refractivity contribution in [3.8, 4) is 0 Å². The van der Waals surface area contributed by atoms with Gasteiger partial charge >= 0.3 is 0 Å². The van der Waals surface area contributed by atoms with E-state index in [1.165, 1.54) is 29.5 Å². The molecule has 1 aromatic carbocycles. The van der Waals surface area contributed by atoms with Gasteiger partial charge in [0.15, 0.2) is 0 Å². The lowest BCUT2D eigenvalue weighted by atomic mass is 9.90. The van der Waals surface area contributed by atoms with E-state index >= 15 is 0 Å². The van der Waals surface area contributed by atoms with Crippen molar-refractivity contribution in [2.75, 3.05) is 0 Å². The molecule has 0 atom stereocenters. The smallest absolute Gasteiger partial charge is 0.0216 e. The van der Waals surface area contributed by atoms with Crippen molar-refractivity contribution in [1.29, 1.82) is 0 Å². The van der Waals surface area contributed by atoms with Crippen LogP contribution in [0.1, 0.15) is 104 Å². The Morgan fingerprint density at radius 2 is 1.00 bits per heavy atom. The minimum atomic E-state index is 0.638. The molecule has 0 saturated carbocycles. The highest BCUT2D eigenvalue weighted by Gasteiger charge is 2.09. The molecule has 0 unspecified atom stereocenters. The van der Waals surface area contributed by atoms with Gasteiger partial charge in [-0.05, 0) is 66.0 Å². The van der Waals surface area contributed by atoms with Gasteiger partial charge < -0.3 is 0 Å². The van der Waals surface area contributed by atoms with Gasteiger partial charge in [-0.15, -0.1) is 0 Å². The molecule has 23 heavy (non-hydrogen) atoms. The molecule has 0 saturated heterocycles. The van der Waals surface area contributed by atoms with Crippen molar-refractivity contribution in [2.45, 2.75) is 93.9 Å². The second-order valence-electron chi connectivity index (χ2n) is 8.74. The highest BCUT2D eigenvalue weighted by molar-refractivity contribution is 5.37. The van der Waals surface area contributed by atoms with Crippen LogP contribution in [-0.4, -0.2) is 0 Å². The summed E-state index contributed by atoms with van der Waals surface area (Å²) < 4.78 is 0. The van der Waals surface area contributed by atoms with Gasteiger partial charge in [-0.3, -0.25) is 0 Å². The zero-order valence-electron chi connectivity index (χ0n) is 17.5. The van der Waals surface area contributed by atoms with E-state index in [0.717, 1.165) is 17.8 Å². The SMILES string of the molecule is CC(C)CC(C)CC(C)C.Cc1c(C(C)C)cccc1C(C)C. The maximum atomic E-state index is 2.36. The summed E-state index contributed by atoms with van der Waals surface area (Å²) in [5.41, 5.74) is 4.46. The molecule has 0 aliphatic carbocycles. The van der Waals surface area contributed by atoms with Gasteiger partial charge in [0.1, 0.15) is 0 Å². The molecule has 0 aliphatic heterocycles. The first-order valence-corrected chi connectivity index (χ1v) is 9.65. The van der Waals surface area contributed by atoms with E-state index in [4.69, 9.17) is 0 Å². The highest BCUT2D eigenvalue weighted by Crippen LogP contribution is 2.26. The zero-order valence-corrected chi connectivity index (χ0v) is 17.5. The summed E-state index contributed by atoms with van der Waals surface area (Å²) in [5.74, 6) is 3.93. The maximum absolute atomic E-state index is 2.36. The van der Waals surface area contributed by atoms with E-state index in [1.54, 1.807) is 0 Å². The zero-order chi connectivity index (χ0) is 18.2. The fourth-order valence-corrected chi connectivity index (χ4v) is 3.63. The predicted octanol–water partition coefficient (Wildman–Crippen LogP) is 7.96. The molecule has 0 amide bonds. The van der Waals surface area contributed by atoms with Crippen LogP contribution in [0.4, 0.5) is 0 Å². The van der Waals surface area contributed by atoms with Crippen molar-refractivity contribution in [1.82, 2.24) is 0 Å². The van der Waals surface area contributed by atoms with Crippen molar-refractivity contribution in [3.63, 3.8) is 0 Å². The second-order valence-corrected chi connectivity index (χ2v) is 8.74. The van der Waals surface area contributed by atoms with E-state index in [1.807, 2.05) is 0 Å². The Balaban J connectivity index is 0.000000438. The molecular formula is C23H42. The summed E-state index contributed by atoms with van der Waals surface area (Å²) in [7, 11) is 0. The first-order chi connectivity index (χ1) is 10.6. The molecule has 0 heteroatoms. The Bertz CT molecular complexity index is 387. The van der Waals surface area contributed by atoms with Gasteiger partial charge in [0, 0.05) is 0 Å². The van der Waals surface area contributed by atoms with Crippen LogP contribution in [0.5, 0.6) is 0 Å². The van der Waals surface area contributed by atoms with Crippen molar-refractivity contribution < 1.29 is 0 Å². The highest BCUT2D eigenvalue weighted by atomic mass is 14.1. The van der Waals surface area contributed by atoms with Gasteiger partial charge in [-0.2, -0.15) is 0 Å². The normalized spacial score (nSPS) is 11.6. The average molecular weight is 319 g/mol. The fourth-order valence-electron chi connectivity index (χ4n) is 3.63. The van der Waals surface area contributed by atoms with Crippen LogP contribution in [0.2, 0.25) is 0 Å². The topological polar surface area (TPSA) is 0 Å². The molecule has 0 spiro atoms. The number of hydrogen-bond donors (Lipinski definition) is 0. The van der Waals surface area contributed by atoms with Crippen molar-refractivity contribution in [2.24, 2.45) is 17.8 Å². The molecule has 0 heterocycles. The third-order valence-corrected chi connectivity index (χ3v) is 4.41. The van der Waals surface area contributed by atoms with E-state index in [-0.39, 0.29) is 0 Å². The fraction of sp³-hybridized carbons (Fsp3) is 0.739. The van der Waals surface area contributed by atoms with Gasteiger partial charge in [0.25, 0.3) is 0 Å². The number of benzene rings is 1. The lowest BCUT2D eigenvalue weighted by Gasteiger charge is -2.16. The summed E-state index contributed by atoms with van der Waals surface area (Å²) in [5, 5.41) is 0. The molecule has 1 rings (SSSR count). The first-order valence-electron chi connectivity index (χ1n) is 9.65. The minimum Gasteiger partial charge on any atom is -0.0628 e. The van der Waals surface area contributed by atoms with E-state index in [2.05, 4.69) is 87.4 Å². The van der Waals surface area contributed by atoms with Crippen LogP contribution in [0.3, 0.4) is 0 Å². The molecule has 0 radical (unpaired) electrons. The maximum Gasteiger partial charge on any atom is -0.0216 e. The van der Waals surface area contributed by atoms with Crippen molar-refractivity contribution >= 4 is 0 Å². The minimum absolute atomic E-state index is 0.638. The molecule has 0 fully saturated rings. The standard InChI is InChI=1S/C13H20.C10H22/c1-9(2)12-7-6-8-13(10(3)4)11(12)5;1-8(2)6-10(5)7-9(3)4/h6-10H,1-5H3;8-10H,6-7H2,1-5H3. The van der Waals surface area contributed by atoms with E-state index < -0.39 is 0 Å². The number of rotatable bonds is 6. The molecular weight excluding hydrogens is 276 g/mol. The van der Waals surface area contributed by atoms with Gasteiger partial charge in [0.2, 0.25) is 0 Å². The van der Waals surface area contributed by atoms with E-state index in [9.17, 15) is 0 Å². The lowest BCUT2D eigenvalue weighted by molar-refractivity contribution is 0.368. The average Bonchev–Trinajstić information content (AvgIpc) is 2.36. The third kappa shape index (κ3) is 9.18. The quantitative estimate of drug-likeness (QED) is 0.499. The van der Waals surface area contributed by atoms with Gasteiger partial charge in [-0.25, -0.2) is 0 Å². The molecule has 1 aromatic rings. The Morgan fingerprint density at radius 1 is 0.652 bits per heavy atom. The molecule has 0 bridgehead atoms. The summed E-state index contributed by atoms with van der Waals surface area (Å²) in [4.78, 5) is 0. The molecule has 0 aromatic heterocycles. The Kier molecular flexibility index (Phi) is 10.5. The van der Waals surface area contributed by atoms with Gasteiger partial charge in [-0.1, -0.05) is 80.5 Å².